The lowest BCUT2D eigenvalue weighted by Gasteiger charge is -2.27. The van der Waals surface area contributed by atoms with E-state index >= 15 is 0 Å². The molecule has 114 valence electrons. The fourth-order valence-electron chi connectivity index (χ4n) is 2.56. The van der Waals surface area contributed by atoms with Crippen LogP contribution in [0.5, 0.6) is 0 Å². The van der Waals surface area contributed by atoms with E-state index in [0.29, 0.717) is 12.0 Å². The lowest BCUT2D eigenvalue weighted by Crippen LogP contribution is -2.36. The van der Waals surface area contributed by atoms with Crippen LogP contribution in [0.2, 0.25) is 0 Å². The van der Waals surface area contributed by atoms with Gasteiger partial charge in [-0.25, -0.2) is 14.0 Å². The summed E-state index contributed by atoms with van der Waals surface area (Å²) in [4.78, 5) is 23.5. The Kier molecular flexibility index (Phi) is 4.90. The molecule has 0 bridgehead atoms. The molecule has 0 amide bonds. The molecule has 0 unspecified atom stereocenters. The smallest absolute Gasteiger partial charge is 0.338 e. The molecule has 1 heterocycles. The zero-order valence-corrected chi connectivity index (χ0v) is 12.0. The molecule has 0 saturated carbocycles. The van der Waals surface area contributed by atoms with E-state index in [1.54, 1.807) is 6.07 Å². The van der Waals surface area contributed by atoms with Crippen LogP contribution in [0, 0.1) is 0 Å². The van der Waals surface area contributed by atoms with Gasteiger partial charge in [-0.1, -0.05) is 6.07 Å². The second-order valence-electron chi connectivity index (χ2n) is 4.90. The Balaban J connectivity index is 2.41. The summed E-state index contributed by atoms with van der Waals surface area (Å²) < 4.78 is 23.3. The number of carbonyl (C=O) groups is 2. The molecule has 2 atom stereocenters. The van der Waals surface area contributed by atoms with Gasteiger partial charge in [-0.2, -0.15) is 0 Å². The molecule has 1 aliphatic rings. The first-order valence-electron chi connectivity index (χ1n) is 6.73. The van der Waals surface area contributed by atoms with Gasteiger partial charge in [-0.3, -0.25) is 0 Å². The van der Waals surface area contributed by atoms with Crippen molar-refractivity contribution in [2.24, 2.45) is 0 Å². The molecule has 1 aromatic carbocycles. The summed E-state index contributed by atoms with van der Waals surface area (Å²) in [7, 11) is 2.47. The molecule has 1 saturated heterocycles. The molecule has 5 nitrogen and oxygen atoms in total. The maximum absolute atomic E-state index is 14.0. The normalized spacial score (nSPS) is 21.7. The van der Waals surface area contributed by atoms with E-state index in [4.69, 9.17) is 0 Å². The molecular weight excluding hydrogens is 277 g/mol. The molecule has 2 rings (SSSR count). The third-order valence-corrected chi connectivity index (χ3v) is 3.69. The number of rotatable bonds is 3. The average molecular weight is 295 g/mol. The van der Waals surface area contributed by atoms with Gasteiger partial charge in [0.05, 0.1) is 25.3 Å². The molecule has 0 aliphatic carbocycles. The molecule has 0 radical (unpaired) electrons. The number of ether oxygens (including phenoxy) is 2. The number of methoxy groups -OCH3 is 2. The van der Waals surface area contributed by atoms with E-state index in [0.717, 1.165) is 6.54 Å². The van der Waals surface area contributed by atoms with Crippen molar-refractivity contribution in [2.45, 2.75) is 18.5 Å². The maximum Gasteiger partial charge on any atom is 0.338 e. The number of carbonyl (C=O) groups excluding carboxylic acids is 2. The predicted molar refractivity (Wildman–Crippen MR) is 74.2 cm³/mol. The number of piperidine rings is 1. The fourth-order valence-corrected chi connectivity index (χ4v) is 2.56. The van der Waals surface area contributed by atoms with Crippen molar-refractivity contribution < 1.29 is 23.5 Å². The Labute approximate surface area is 122 Å². The van der Waals surface area contributed by atoms with Gasteiger partial charge < -0.3 is 14.8 Å². The highest BCUT2D eigenvalue weighted by molar-refractivity contribution is 6.03. The largest absolute Gasteiger partial charge is 0.465 e. The Morgan fingerprint density at radius 1 is 1.19 bits per heavy atom. The first-order valence-corrected chi connectivity index (χ1v) is 6.73. The predicted octanol–water partition coefficient (Wildman–Crippen LogP) is 1.67. The summed E-state index contributed by atoms with van der Waals surface area (Å²) in [6, 6.07) is 4.68. The minimum absolute atomic E-state index is 0.104. The van der Waals surface area contributed by atoms with E-state index in [2.05, 4.69) is 14.8 Å². The second-order valence-corrected chi connectivity index (χ2v) is 4.90. The third-order valence-electron chi connectivity index (χ3n) is 3.69. The highest BCUT2D eigenvalue weighted by atomic mass is 19.1. The number of halogens is 1. The van der Waals surface area contributed by atoms with Gasteiger partial charge in [0.15, 0.2) is 0 Å². The van der Waals surface area contributed by atoms with E-state index in [-0.39, 0.29) is 23.6 Å². The van der Waals surface area contributed by atoms with Gasteiger partial charge >= 0.3 is 11.9 Å². The van der Waals surface area contributed by atoms with Crippen molar-refractivity contribution in [2.75, 3.05) is 27.3 Å². The van der Waals surface area contributed by atoms with Crippen LogP contribution >= 0.6 is 0 Å². The number of alkyl halides is 1. The van der Waals surface area contributed by atoms with Crippen molar-refractivity contribution in [3.05, 3.63) is 34.9 Å². The third kappa shape index (κ3) is 3.21. The molecule has 1 aromatic rings. The standard InChI is InChI=1S/C15H18FNO4/c1-20-14(18)11-4-3-9(7-12(11)15(19)21-2)10-5-6-17-8-13(10)16/h3-4,7,10,13,17H,5-6,8H2,1-2H3/t10-,13-/m0/s1. The summed E-state index contributed by atoms with van der Waals surface area (Å²) in [5.41, 5.74) is 0.919. The van der Waals surface area contributed by atoms with Crippen LogP contribution in [0.1, 0.15) is 38.6 Å². The number of hydrogen-bond acceptors (Lipinski definition) is 5. The molecule has 1 aliphatic heterocycles. The Morgan fingerprint density at radius 2 is 1.86 bits per heavy atom. The summed E-state index contributed by atoms with van der Waals surface area (Å²) >= 11 is 0. The van der Waals surface area contributed by atoms with E-state index < -0.39 is 18.1 Å². The van der Waals surface area contributed by atoms with Crippen molar-refractivity contribution in [3.8, 4) is 0 Å². The van der Waals surface area contributed by atoms with E-state index in [1.807, 2.05) is 0 Å². The van der Waals surface area contributed by atoms with Gasteiger partial charge in [0.2, 0.25) is 0 Å². The van der Waals surface area contributed by atoms with Crippen LogP contribution in [-0.2, 0) is 9.47 Å². The number of nitrogens with one attached hydrogen (secondary N) is 1. The number of esters is 2. The second kappa shape index (κ2) is 6.67. The SMILES string of the molecule is COC(=O)c1ccc([C@@H]2CCNC[C@@H]2F)cc1C(=O)OC. The topological polar surface area (TPSA) is 64.6 Å². The van der Waals surface area contributed by atoms with Crippen LogP contribution in [0.3, 0.4) is 0 Å². The molecule has 0 spiro atoms. The fraction of sp³-hybridized carbons (Fsp3) is 0.467. The minimum atomic E-state index is -1.02. The summed E-state index contributed by atoms with van der Waals surface area (Å²) in [6.45, 7) is 1.01. The summed E-state index contributed by atoms with van der Waals surface area (Å²) in [6.07, 6.45) is -0.382. The molecular formula is C15H18FNO4. The zero-order valence-electron chi connectivity index (χ0n) is 12.0. The van der Waals surface area contributed by atoms with Gasteiger partial charge in [0.25, 0.3) is 0 Å². The van der Waals surface area contributed by atoms with E-state index in [1.165, 1.54) is 26.4 Å². The highest BCUT2D eigenvalue weighted by Gasteiger charge is 2.28. The number of benzene rings is 1. The molecule has 1 N–H and O–H groups in total. The summed E-state index contributed by atoms with van der Waals surface area (Å²) in [5.74, 6) is -1.55. The zero-order chi connectivity index (χ0) is 15.4. The minimum Gasteiger partial charge on any atom is -0.465 e. The quantitative estimate of drug-likeness (QED) is 0.859. The van der Waals surface area contributed by atoms with Crippen LogP contribution in [0.4, 0.5) is 4.39 Å². The van der Waals surface area contributed by atoms with Crippen LogP contribution < -0.4 is 5.32 Å². The van der Waals surface area contributed by atoms with Gasteiger partial charge in [-0.05, 0) is 30.7 Å². The Morgan fingerprint density at radius 3 is 2.48 bits per heavy atom. The molecule has 1 fully saturated rings. The maximum atomic E-state index is 14.0. The number of hydrogen-bond donors (Lipinski definition) is 1. The lowest BCUT2D eigenvalue weighted by atomic mass is 9.87. The van der Waals surface area contributed by atoms with Crippen molar-refractivity contribution in [1.82, 2.24) is 5.32 Å². The molecule has 21 heavy (non-hydrogen) atoms. The van der Waals surface area contributed by atoms with Crippen LogP contribution in [0.15, 0.2) is 18.2 Å². The van der Waals surface area contributed by atoms with Crippen molar-refractivity contribution >= 4 is 11.9 Å². The van der Waals surface area contributed by atoms with Crippen LogP contribution in [0.25, 0.3) is 0 Å². The lowest BCUT2D eigenvalue weighted by molar-refractivity contribution is 0.0555. The monoisotopic (exact) mass is 295 g/mol. The molecule has 6 heteroatoms. The Bertz CT molecular complexity index is 546. The van der Waals surface area contributed by atoms with Gasteiger partial charge in [-0.15, -0.1) is 0 Å². The average Bonchev–Trinajstić information content (AvgIpc) is 2.53. The highest BCUT2D eigenvalue weighted by Crippen LogP contribution is 2.29. The van der Waals surface area contributed by atoms with E-state index in [9.17, 15) is 14.0 Å². The first-order chi connectivity index (χ1) is 10.1. The van der Waals surface area contributed by atoms with Gasteiger partial charge in [0, 0.05) is 12.5 Å². The van der Waals surface area contributed by atoms with Crippen molar-refractivity contribution in [3.63, 3.8) is 0 Å². The Hall–Kier alpha value is -1.95. The summed E-state index contributed by atoms with van der Waals surface area (Å²) in [5, 5.41) is 2.98. The van der Waals surface area contributed by atoms with Crippen molar-refractivity contribution in [1.29, 1.82) is 0 Å². The first kappa shape index (κ1) is 15.4. The molecule has 0 aromatic heterocycles. The van der Waals surface area contributed by atoms with Gasteiger partial charge in [0.1, 0.15) is 6.17 Å². The van der Waals surface area contributed by atoms with Crippen LogP contribution in [-0.4, -0.2) is 45.4 Å².